The van der Waals surface area contributed by atoms with E-state index in [1.54, 1.807) is 31.4 Å². The van der Waals surface area contributed by atoms with Crippen LogP contribution in [0.3, 0.4) is 0 Å². The van der Waals surface area contributed by atoms with E-state index in [4.69, 9.17) is 4.74 Å². The van der Waals surface area contributed by atoms with Crippen molar-refractivity contribution >= 4 is 16.7 Å². The van der Waals surface area contributed by atoms with Crippen molar-refractivity contribution in [3.63, 3.8) is 0 Å². The largest absolute Gasteiger partial charge is 0.496 e. The fourth-order valence-electron chi connectivity index (χ4n) is 3.46. The van der Waals surface area contributed by atoms with Gasteiger partial charge in [-0.25, -0.2) is 18.7 Å². The van der Waals surface area contributed by atoms with Crippen molar-refractivity contribution in [3.05, 3.63) is 72.2 Å². The Hall–Kier alpha value is -3.48. The molecule has 2 heterocycles. The van der Waals surface area contributed by atoms with Gasteiger partial charge >= 0.3 is 0 Å². The summed E-state index contributed by atoms with van der Waals surface area (Å²) in [7, 11) is 1.58. The van der Waals surface area contributed by atoms with Crippen LogP contribution in [0.4, 0.5) is 14.6 Å². The van der Waals surface area contributed by atoms with E-state index in [-0.39, 0.29) is 11.6 Å². The van der Waals surface area contributed by atoms with Crippen LogP contribution in [0.1, 0.15) is 5.69 Å². The average molecular weight is 394 g/mol. The fourth-order valence-corrected chi connectivity index (χ4v) is 3.46. The summed E-state index contributed by atoms with van der Waals surface area (Å²) in [5.41, 5.74) is 2.76. The first-order valence-corrected chi connectivity index (χ1v) is 9.21. The predicted octanol–water partition coefficient (Wildman–Crippen LogP) is 4.81. The molecular formula is C22H20F2N4O. The molecule has 0 unspecified atom stereocenters. The lowest BCUT2D eigenvalue weighted by Crippen LogP contribution is -2.13. The van der Waals surface area contributed by atoms with Crippen molar-refractivity contribution < 1.29 is 13.5 Å². The van der Waals surface area contributed by atoms with Gasteiger partial charge in [0.2, 0.25) is 0 Å². The van der Waals surface area contributed by atoms with Gasteiger partial charge < -0.3 is 14.6 Å². The van der Waals surface area contributed by atoms with E-state index in [2.05, 4.69) is 15.3 Å². The van der Waals surface area contributed by atoms with Crippen molar-refractivity contribution in [1.82, 2.24) is 14.5 Å². The van der Waals surface area contributed by atoms with Crippen molar-refractivity contribution in [2.45, 2.75) is 13.5 Å². The maximum absolute atomic E-state index is 14.5. The molecule has 0 saturated heterocycles. The Morgan fingerprint density at radius 2 is 1.93 bits per heavy atom. The highest BCUT2D eigenvalue weighted by Crippen LogP contribution is 2.30. The van der Waals surface area contributed by atoms with Crippen molar-refractivity contribution in [2.75, 3.05) is 19.0 Å². The Morgan fingerprint density at radius 3 is 2.72 bits per heavy atom. The third-order valence-electron chi connectivity index (χ3n) is 4.83. The molecule has 4 rings (SSSR count). The van der Waals surface area contributed by atoms with Crippen molar-refractivity contribution in [3.8, 4) is 17.0 Å². The lowest BCUT2D eigenvalue weighted by molar-refractivity contribution is 0.419. The predicted molar refractivity (Wildman–Crippen MR) is 109 cm³/mol. The Kier molecular flexibility index (Phi) is 5.12. The van der Waals surface area contributed by atoms with Gasteiger partial charge in [-0.2, -0.15) is 0 Å². The van der Waals surface area contributed by atoms with Gasteiger partial charge in [-0.3, -0.25) is 0 Å². The summed E-state index contributed by atoms with van der Waals surface area (Å²) in [6.45, 7) is 3.01. The third-order valence-corrected chi connectivity index (χ3v) is 4.83. The molecule has 2 aromatic heterocycles. The van der Waals surface area contributed by atoms with Crippen LogP contribution in [0, 0.1) is 18.6 Å². The molecule has 0 aliphatic carbocycles. The molecule has 2 aromatic carbocycles. The van der Waals surface area contributed by atoms with Crippen LogP contribution in [0.5, 0.6) is 5.75 Å². The number of nitrogens with zero attached hydrogens (tertiary/aromatic N) is 3. The van der Waals surface area contributed by atoms with Crippen molar-refractivity contribution in [1.29, 1.82) is 0 Å². The smallest absolute Gasteiger partial charge is 0.147 e. The minimum absolute atomic E-state index is 0.288. The monoisotopic (exact) mass is 394 g/mol. The average Bonchev–Trinajstić information content (AvgIpc) is 3.06. The maximum atomic E-state index is 14.5. The normalized spacial score (nSPS) is 11.0. The number of anilines is 1. The maximum Gasteiger partial charge on any atom is 0.147 e. The van der Waals surface area contributed by atoms with E-state index in [0.717, 1.165) is 11.1 Å². The number of benzene rings is 2. The molecule has 29 heavy (non-hydrogen) atoms. The quantitative estimate of drug-likeness (QED) is 0.510. The Morgan fingerprint density at radius 1 is 1.07 bits per heavy atom. The van der Waals surface area contributed by atoms with E-state index in [1.807, 2.05) is 17.6 Å². The van der Waals surface area contributed by atoms with Crippen LogP contribution in [0.2, 0.25) is 0 Å². The van der Waals surface area contributed by atoms with Gasteiger partial charge in [0.05, 0.1) is 18.3 Å². The van der Waals surface area contributed by atoms with Crippen LogP contribution < -0.4 is 10.1 Å². The van der Waals surface area contributed by atoms with E-state index < -0.39 is 0 Å². The zero-order valence-corrected chi connectivity index (χ0v) is 16.1. The van der Waals surface area contributed by atoms with Crippen LogP contribution in [-0.4, -0.2) is 28.2 Å². The minimum atomic E-state index is -0.317. The van der Waals surface area contributed by atoms with Gasteiger partial charge in [0.25, 0.3) is 0 Å². The molecule has 4 aromatic rings. The SMILES string of the molecule is COc1ccc(F)c2c1cc(C)n2CCNc1cc(-c2cccc(F)c2)ncn1. The molecule has 7 heteroatoms. The fraction of sp³-hybridized carbons (Fsp3) is 0.182. The highest BCUT2D eigenvalue weighted by atomic mass is 19.1. The Bertz CT molecular complexity index is 1170. The van der Waals surface area contributed by atoms with Gasteiger partial charge in [0.15, 0.2) is 0 Å². The highest BCUT2D eigenvalue weighted by Gasteiger charge is 2.14. The molecule has 0 fully saturated rings. The summed E-state index contributed by atoms with van der Waals surface area (Å²) in [5, 5.41) is 3.98. The molecule has 0 atom stereocenters. The molecule has 0 aliphatic heterocycles. The van der Waals surface area contributed by atoms with Gasteiger partial charge in [-0.1, -0.05) is 12.1 Å². The van der Waals surface area contributed by atoms with E-state index in [0.29, 0.717) is 41.4 Å². The summed E-state index contributed by atoms with van der Waals surface area (Å²) >= 11 is 0. The highest BCUT2D eigenvalue weighted by molar-refractivity contribution is 5.88. The van der Waals surface area contributed by atoms with Crippen LogP contribution in [0.25, 0.3) is 22.2 Å². The van der Waals surface area contributed by atoms with Crippen LogP contribution >= 0.6 is 0 Å². The summed E-state index contributed by atoms with van der Waals surface area (Å²) < 4.78 is 35.2. The second-order valence-corrected chi connectivity index (χ2v) is 6.67. The first kappa shape index (κ1) is 18.9. The first-order chi connectivity index (χ1) is 14.1. The summed E-state index contributed by atoms with van der Waals surface area (Å²) in [6.07, 6.45) is 1.43. The van der Waals surface area contributed by atoms with Gasteiger partial charge in [0, 0.05) is 35.8 Å². The van der Waals surface area contributed by atoms with E-state index >= 15 is 0 Å². The van der Waals surface area contributed by atoms with Gasteiger partial charge in [0.1, 0.15) is 29.5 Å². The number of fused-ring (bicyclic) bond motifs is 1. The summed E-state index contributed by atoms with van der Waals surface area (Å²) in [4.78, 5) is 8.42. The number of aromatic nitrogens is 3. The molecular weight excluding hydrogens is 374 g/mol. The molecule has 0 saturated carbocycles. The number of aryl methyl sites for hydroxylation is 1. The number of halogens is 2. The number of ether oxygens (including phenoxy) is 1. The lowest BCUT2D eigenvalue weighted by atomic mass is 10.1. The third kappa shape index (κ3) is 3.76. The first-order valence-electron chi connectivity index (χ1n) is 9.21. The molecule has 0 aliphatic rings. The lowest BCUT2D eigenvalue weighted by Gasteiger charge is -2.11. The number of nitrogens with one attached hydrogen (secondary N) is 1. The standard InChI is InChI=1S/C22H20F2N4O/c1-14-10-17-20(29-2)7-6-18(24)22(17)28(14)9-8-25-21-12-19(26-13-27-21)15-4-3-5-16(23)11-15/h3-7,10-13H,8-9H2,1-2H3,(H,25,26,27). The summed E-state index contributed by atoms with van der Waals surface area (Å²) in [5.74, 6) is 0.658. The number of hydrogen-bond acceptors (Lipinski definition) is 4. The van der Waals surface area contributed by atoms with Crippen LogP contribution in [-0.2, 0) is 6.54 Å². The second-order valence-electron chi connectivity index (χ2n) is 6.67. The number of hydrogen-bond donors (Lipinski definition) is 1. The molecule has 1 N–H and O–H groups in total. The number of methoxy groups -OCH3 is 1. The minimum Gasteiger partial charge on any atom is -0.496 e. The molecule has 0 radical (unpaired) electrons. The zero-order chi connectivity index (χ0) is 20.4. The topological polar surface area (TPSA) is 52.0 Å². The van der Waals surface area contributed by atoms with Crippen LogP contribution in [0.15, 0.2) is 54.9 Å². The molecule has 0 bridgehead atoms. The molecule has 5 nitrogen and oxygen atoms in total. The Balaban J connectivity index is 1.53. The van der Waals surface area contributed by atoms with Gasteiger partial charge in [-0.05, 0) is 37.3 Å². The van der Waals surface area contributed by atoms with E-state index in [1.165, 1.54) is 24.5 Å². The summed E-state index contributed by atoms with van der Waals surface area (Å²) in [6, 6.07) is 13.0. The zero-order valence-electron chi connectivity index (χ0n) is 16.1. The second kappa shape index (κ2) is 7.87. The molecule has 0 spiro atoms. The van der Waals surface area contributed by atoms with E-state index in [9.17, 15) is 8.78 Å². The molecule has 0 amide bonds. The Labute approximate surface area is 167 Å². The number of rotatable bonds is 6. The van der Waals surface area contributed by atoms with Crippen molar-refractivity contribution in [2.24, 2.45) is 0 Å². The van der Waals surface area contributed by atoms with Gasteiger partial charge in [-0.15, -0.1) is 0 Å². The molecule has 148 valence electrons.